The number of carbonyl (C=O) groups excluding carboxylic acids is 2. The lowest BCUT2D eigenvalue weighted by Crippen LogP contribution is -2.33. The zero-order chi connectivity index (χ0) is 20.0. The molecule has 4 nitrogen and oxygen atoms in total. The highest BCUT2D eigenvalue weighted by Crippen LogP contribution is 2.31. The second-order valence-electron chi connectivity index (χ2n) is 7.15. The molecular formula is C23H30N2O2. The molecule has 27 heavy (non-hydrogen) atoms. The number of para-hydroxylation sites is 2. The van der Waals surface area contributed by atoms with Crippen molar-refractivity contribution < 1.29 is 9.59 Å². The SMILES string of the molecule is CCc1ccccc1NC(=O)CCN(C(C)=O)c1c(C)cccc1C(C)C. The lowest BCUT2D eigenvalue weighted by molar-refractivity contribution is -0.117. The second kappa shape index (κ2) is 9.36. The van der Waals surface area contributed by atoms with Crippen LogP contribution in [0.5, 0.6) is 0 Å². The van der Waals surface area contributed by atoms with Crippen LogP contribution in [0.1, 0.15) is 56.7 Å². The number of carbonyl (C=O) groups is 2. The highest BCUT2D eigenvalue weighted by molar-refractivity contribution is 5.96. The van der Waals surface area contributed by atoms with E-state index in [1.165, 1.54) is 0 Å². The van der Waals surface area contributed by atoms with Crippen LogP contribution in [-0.4, -0.2) is 18.4 Å². The summed E-state index contributed by atoms with van der Waals surface area (Å²) in [6.45, 7) is 10.2. The summed E-state index contributed by atoms with van der Waals surface area (Å²) in [7, 11) is 0. The maximum atomic E-state index is 12.5. The molecule has 2 aromatic rings. The molecule has 0 radical (unpaired) electrons. The van der Waals surface area contributed by atoms with E-state index in [2.05, 4.69) is 32.2 Å². The van der Waals surface area contributed by atoms with Crippen LogP contribution in [0.15, 0.2) is 42.5 Å². The molecule has 0 aliphatic rings. The van der Waals surface area contributed by atoms with Crippen molar-refractivity contribution in [2.24, 2.45) is 0 Å². The van der Waals surface area contributed by atoms with E-state index in [0.29, 0.717) is 12.5 Å². The van der Waals surface area contributed by atoms with E-state index in [1.807, 2.05) is 43.3 Å². The Labute approximate surface area is 162 Å². The first-order valence-electron chi connectivity index (χ1n) is 9.60. The van der Waals surface area contributed by atoms with Gasteiger partial charge in [0.15, 0.2) is 0 Å². The molecule has 0 bridgehead atoms. The molecule has 2 amide bonds. The van der Waals surface area contributed by atoms with Gasteiger partial charge in [0.2, 0.25) is 11.8 Å². The first kappa shape index (κ1) is 20.7. The largest absolute Gasteiger partial charge is 0.326 e. The number of rotatable bonds is 7. The molecule has 0 aliphatic carbocycles. The van der Waals surface area contributed by atoms with E-state index in [-0.39, 0.29) is 18.2 Å². The van der Waals surface area contributed by atoms with Gasteiger partial charge in [0.25, 0.3) is 0 Å². The maximum Gasteiger partial charge on any atom is 0.226 e. The smallest absolute Gasteiger partial charge is 0.226 e. The quantitative estimate of drug-likeness (QED) is 0.744. The molecule has 0 aromatic heterocycles. The number of hydrogen-bond acceptors (Lipinski definition) is 2. The molecule has 0 spiro atoms. The van der Waals surface area contributed by atoms with Crippen molar-refractivity contribution in [2.75, 3.05) is 16.8 Å². The molecule has 2 rings (SSSR count). The van der Waals surface area contributed by atoms with E-state index in [4.69, 9.17) is 0 Å². The van der Waals surface area contributed by atoms with Gasteiger partial charge in [-0.3, -0.25) is 9.59 Å². The first-order chi connectivity index (χ1) is 12.8. The molecule has 0 saturated carbocycles. The summed E-state index contributed by atoms with van der Waals surface area (Å²) in [5, 5.41) is 2.98. The molecule has 0 heterocycles. The van der Waals surface area contributed by atoms with Crippen molar-refractivity contribution in [3.8, 4) is 0 Å². The Morgan fingerprint density at radius 1 is 1.07 bits per heavy atom. The summed E-state index contributed by atoms with van der Waals surface area (Å²) in [6.07, 6.45) is 1.11. The fourth-order valence-electron chi connectivity index (χ4n) is 3.32. The molecular weight excluding hydrogens is 336 g/mol. The van der Waals surface area contributed by atoms with Crippen molar-refractivity contribution in [1.82, 2.24) is 0 Å². The Morgan fingerprint density at radius 2 is 1.78 bits per heavy atom. The Kier molecular flexibility index (Phi) is 7.17. The van der Waals surface area contributed by atoms with Gasteiger partial charge in [-0.05, 0) is 42.0 Å². The molecule has 2 aromatic carbocycles. The van der Waals surface area contributed by atoms with E-state index in [1.54, 1.807) is 11.8 Å². The third-order valence-electron chi connectivity index (χ3n) is 4.78. The van der Waals surface area contributed by atoms with E-state index in [9.17, 15) is 9.59 Å². The van der Waals surface area contributed by atoms with E-state index < -0.39 is 0 Å². The standard InChI is InChI=1S/C23H30N2O2/c1-6-19-11-7-8-13-21(19)24-22(27)14-15-25(18(5)26)23-17(4)10-9-12-20(23)16(2)3/h7-13,16H,6,14-15H2,1-5H3,(H,24,27). The van der Waals surface area contributed by atoms with Crippen LogP contribution in [0.3, 0.4) is 0 Å². The molecule has 1 N–H and O–H groups in total. The molecule has 0 aliphatic heterocycles. The molecule has 0 atom stereocenters. The summed E-state index contributed by atoms with van der Waals surface area (Å²) in [5.41, 5.74) is 5.06. The number of aryl methyl sites for hydroxylation is 2. The number of nitrogens with one attached hydrogen (secondary N) is 1. The summed E-state index contributed by atoms with van der Waals surface area (Å²) < 4.78 is 0. The Morgan fingerprint density at radius 3 is 2.41 bits per heavy atom. The van der Waals surface area contributed by atoms with Crippen molar-refractivity contribution in [3.05, 3.63) is 59.2 Å². The maximum absolute atomic E-state index is 12.5. The highest BCUT2D eigenvalue weighted by atomic mass is 16.2. The lowest BCUT2D eigenvalue weighted by Gasteiger charge is -2.27. The van der Waals surface area contributed by atoms with Crippen LogP contribution < -0.4 is 10.2 Å². The predicted molar refractivity (Wildman–Crippen MR) is 112 cm³/mol. The Bertz CT molecular complexity index is 812. The number of hydrogen-bond donors (Lipinski definition) is 1. The summed E-state index contributed by atoms with van der Waals surface area (Å²) in [5.74, 6) is 0.168. The van der Waals surface area contributed by atoms with Crippen molar-refractivity contribution in [2.45, 2.75) is 53.4 Å². The van der Waals surface area contributed by atoms with Crippen LogP contribution in [0.2, 0.25) is 0 Å². The fourth-order valence-corrected chi connectivity index (χ4v) is 3.32. The number of benzene rings is 2. The molecule has 0 saturated heterocycles. The first-order valence-corrected chi connectivity index (χ1v) is 9.60. The summed E-state index contributed by atoms with van der Waals surface area (Å²) >= 11 is 0. The van der Waals surface area contributed by atoms with Crippen LogP contribution in [0.4, 0.5) is 11.4 Å². The van der Waals surface area contributed by atoms with Gasteiger partial charge >= 0.3 is 0 Å². The van der Waals surface area contributed by atoms with Gasteiger partial charge < -0.3 is 10.2 Å². The molecule has 144 valence electrons. The van der Waals surface area contributed by atoms with Crippen LogP contribution in [0, 0.1) is 6.92 Å². The van der Waals surface area contributed by atoms with Gasteiger partial charge in [0, 0.05) is 31.3 Å². The lowest BCUT2D eigenvalue weighted by atomic mass is 9.97. The van der Waals surface area contributed by atoms with Gasteiger partial charge in [-0.1, -0.05) is 57.2 Å². The Hall–Kier alpha value is -2.62. The minimum atomic E-state index is -0.0816. The van der Waals surface area contributed by atoms with Gasteiger partial charge in [-0.25, -0.2) is 0 Å². The second-order valence-corrected chi connectivity index (χ2v) is 7.15. The monoisotopic (exact) mass is 366 g/mol. The fraction of sp³-hybridized carbons (Fsp3) is 0.391. The van der Waals surface area contributed by atoms with E-state index >= 15 is 0 Å². The molecule has 0 unspecified atom stereocenters. The van der Waals surface area contributed by atoms with Crippen LogP contribution in [0.25, 0.3) is 0 Å². The normalized spacial score (nSPS) is 10.7. The minimum absolute atomic E-state index is 0.0482. The summed E-state index contributed by atoms with van der Waals surface area (Å²) in [4.78, 5) is 26.6. The average Bonchev–Trinajstić information content (AvgIpc) is 2.63. The number of nitrogens with zero attached hydrogens (tertiary/aromatic N) is 1. The van der Waals surface area contributed by atoms with Crippen molar-refractivity contribution >= 4 is 23.2 Å². The predicted octanol–water partition coefficient (Wildman–Crippen LogP) is 5.06. The van der Waals surface area contributed by atoms with Crippen molar-refractivity contribution in [1.29, 1.82) is 0 Å². The third kappa shape index (κ3) is 5.19. The van der Waals surface area contributed by atoms with Crippen LogP contribution in [-0.2, 0) is 16.0 Å². The van der Waals surface area contributed by atoms with Crippen LogP contribution >= 0.6 is 0 Å². The zero-order valence-corrected chi connectivity index (χ0v) is 17.0. The number of anilines is 2. The average molecular weight is 367 g/mol. The van der Waals surface area contributed by atoms with Gasteiger partial charge in [-0.15, -0.1) is 0 Å². The summed E-state index contributed by atoms with van der Waals surface area (Å²) in [6, 6.07) is 13.9. The molecule has 4 heteroatoms. The van der Waals surface area contributed by atoms with Gasteiger partial charge in [-0.2, -0.15) is 0 Å². The zero-order valence-electron chi connectivity index (χ0n) is 17.0. The molecule has 0 fully saturated rings. The minimum Gasteiger partial charge on any atom is -0.326 e. The number of amides is 2. The third-order valence-corrected chi connectivity index (χ3v) is 4.78. The highest BCUT2D eigenvalue weighted by Gasteiger charge is 2.20. The van der Waals surface area contributed by atoms with Crippen molar-refractivity contribution in [3.63, 3.8) is 0 Å². The van der Waals surface area contributed by atoms with Gasteiger partial charge in [0.1, 0.15) is 0 Å². The Balaban J connectivity index is 2.16. The topological polar surface area (TPSA) is 49.4 Å². The van der Waals surface area contributed by atoms with E-state index in [0.717, 1.165) is 34.5 Å². The van der Waals surface area contributed by atoms with Gasteiger partial charge in [0.05, 0.1) is 0 Å².